The monoisotopic (exact) mass is 326 g/mol. The Morgan fingerprint density at radius 3 is 2.83 bits per heavy atom. The first-order valence-corrected chi connectivity index (χ1v) is 7.62. The molecule has 0 bridgehead atoms. The fourth-order valence-electron chi connectivity index (χ4n) is 2.57. The van der Waals surface area contributed by atoms with Crippen LogP contribution < -0.4 is 11.1 Å². The van der Waals surface area contributed by atoms with Crippen molar-refractivity contribution in [2.75, 3.05) is 5.32 Å². The van der Waals surface area contributed by atoms with Crippen LogP contribution >= 0.6 is 28.1 Å². The minimum atomic E-state index is 0.438. The van der Waals surface area contributed by atoms with Crippen molar-refractivity contribution >= 4 is 38.8 Å². The molecule has 18 heavy (non-hydrogen) atoms. The summed E-state index contributed by atoms with van der Waals surface area (Å²) in [6.07, 6.45) is 5.19. The lowest BCUT2D eigenvalue weighted by Crippen LogP contribution is -2.26. The zero-order valence-electron chi connectivity index (χ0n) is 10.6. The molecular weight excluding hydrogens is 308 g/mol. The molecule has 1 aliphatic carbocycles. The number of halogens is 1. The predicted molar refractivity (Wildman–Crippen MR) is 85.1 cm³/mol. The third kappa shape index (κ3) is 3.45. The lowest BCUT2D eigenvalue weighted by molar-refractivity contribution is 0.358. The molecule has 1 fully saturated rings. The van der Waals surface area contributed by atoms with E-state index in [0.717, 1.165) is 21.6 Å². The normalized spacial score (nSPS) is 23.7. The van der Waals surface area contributed by atoms with Gasteiger partial charge in [-0.2, -0.15) is 0 Å². The van der Waals surface area contributed by atoms with Gasteiger partial charge in [0.1, 0.15) is 4.99 Å². The summed E-state index contributed by atoms with van der Waals surface area (Å²) in [7, 11) is 0. The van der Waals surface area contributed by atoms with Gasteiger partial charge in [0.25, 0.3) is 0 Å². The number of nitrogens with two attached hydrogens (primary N) is 1. The standard InChI is InChI=1S/C14H19BrN2S/c1-9-3-2-4-11(7-9)17-13-6-5-10(14(16)18)8-12(13)15/h5-6,8-9,11,17H,2-4,7H2,1H3,(H2,16,18). The first-order valence-electron chi connectivity index (χ1n) is 6.42. The van der Waals surface area contributed by atoms with Crippen LogP contribution in [-0.2, 0) is 0 Å². The molecule has 1 aromatic rings. The summed E-state index contributed by atoms with van der Waals surface area (Å²) in [5.41, 5.74) is 7.66. The molecule has 2 unspecified atom stereocenters. The molecule has 2 atom stereocenters. The van der Waals surface area contributed by atoms with E-state index in [1.165, 1.54) is 25.7 Å². The Balaban J connectivity index is 2.07. The third-order valence-corrected chi connectivity index (χ3v) is 4.44. The molecule has 0 amide bonds. The molecule has 0 aromatic heterocycles. The van der Waals surface area contributed by atoms with E-state index < -0.39 is 0 Å². The molecule has 0 aliphatic heterocycles. The van der Waals surface area contributed by atoms with Gasteiger partial charge in [-0.15, -0.1) is 0 Å². The van der Waals surface area contributed by atoms with Gasteiger partial charge in [0.2, 0.25) is 0 Å². The molecule has 2 rings (SSSR count). The third-order valence-electron chi connectivity index (χ3n) is 3.55. The summed E-state index contributed by atoms with van der Waals surface area (Å²) in [4.78, 5) is 0.438. The van der Waals surface area contributed by atoms with Crippen LogP contribution in [0.15, 0.2) is 22.7 Å². The zero-order chi connectivity index (χ0) is 13.1. The highest BCUT2D eigenvalue weighted by Crippen LogP contribution is 2.29. The number of hydrogen-bond donors (Lipinski definition) is 2. The maximum absolute atomic E-state index is 5.63. The van der Waals surface area contributed by atoms with Crippen LogP contribution in [0.2, 0.25) is 0 Å². The van der Waals surface area contributed by atoms with E-state index in [-0.39, 0.29) is 0 Å². The molecule has 1 aliphatic rings. The van der Waals surface area contributed by atoms with Crippen LogP contribution in [0.4, 0.5) is 5.69 Å². The highest BCUT2D eigenvalue weighted by Gasteiger charge is 2.19. The summed E-state index contributed by atoms with van der Waals surface area (Å²) >= 11 is 8.56. The van der Waals surface area contributed by atoms with Gasteiger partial charge in [-0.25, -0.2) is 0 Å². The van der Waals surface area contributed by atoms with Crippen molar-refractivity contribution in [3.63, 3.8) is 0 Å². The number of nitrogens with one attached hydrogen (secondary N) is 1. The van der Waals surface area contributed by atoms with Crippen LogP contribution in [0.5, 0.6) is 0 Å². The van der Waals surface area contributed by atoms with Crippen LogP contribution in [0.1, 0.15) is 38.2 Å². The van der Waals surface area contributed by atoms with Crippen molar-refractivity contribution in [2.45, 2.75) is 38.6 Å². The minimum absolute atomic E-state index is 0.438. The molecule has 98 valence electrons. The van der Waals surface area contributed by atoms with E-state index in [2.05, 4.69) is 34.2 Å². The van der Waals surface area contributed by atoms with E-state index in [1.54, 1.807) is 0 Å². The van der Waals surface area contributed by atoms with Crippen molar-refractivity contribution in [2.24, 2.45) is 11.7 Å². The van der Waals surface area contributed by atoms with Crippen molar-refractivity contribution in [1.82, 2.24) is 0 Å². The quantitative estimate of drug-likeness (QED) is 0.822. The minimum Gasteiger partial charge on any atom is -0.389 e. The summed E-state index contributed by atoms with van der Waals surface area (Å²) in [6.45, 7) is 2.33. The number of anilines is 1. The van der Waals surface area contributed by atoms with Crippen LogP contribution in [-0.4, -0.2) is 11.0 Å². The first kappa shape index (κ1) is 13.8. The zero-order valence-corrected chi connectivity index (χ0v) is 13.0. The van der Waals surface area contributed by atoms with Gasteiger partial charge < -0.3 is 11.1 Å². The van der Waals surface area contributed by atoms with Gasteiger partial charge in [-0.1, -0.05) is 32.0 Å². The largest absolute Gasteiger partial charge is 0.389 e. The highest BCUT2D eigenvalue weighted by atomic mass is 79.9. The van der Waals surface area contributed by atoms with Gasteiger partial charge in [-0.3, -0.25) is 0 Å². The molecule has 1 aromatic carbocycles. The molecule has 1 saturated carbocycles. The highest BCUT2D eigenvalue weighted by molar-refractivity contribution is 9.10. The van der Waals surface area contributed by atoms with Gasteiger partial charge in [0.15, 0.2) is 0 Å². The average molecular weight is 327 g/mol. The second-order valence-electron chi connectivity index (χ2n) is 5.17. The van der Waals surface area contributed by atoms with E-state index in [1.807, 2.05) is 12.1 Å². The Kier molecular flexibility index (Phi) is 4.62. The molecule has 0 saturated heterocycles. The van der Waals surface area contributed by atoms with Crippen LogP contribution in [0.25, 0.3) is 0 Å². The molecule has 2 nitrogen and oxygen atoms in total. The summed E-state index contributed by atoms with van der Waals surface area (Å²) < 4.78 is 1.03. The maximum Gasteiger partial charge on any atom is 0.104 e. The number of hydrogen-bond acceptors (Lipinski definition) is 2. The van der Waals surface area contributed by atoms with Crippen molar-refractivity contribution < 1.29 is 0 Å². The second kappa shape index (κ2) is 6.02. The molecule has 0 radical (unpaired) electrons. The van der Waals surface area contributed by atoms with Crippen molar-refractivity contribution in [1.29, 1.82) is 0 Å². The van der Waals surface area contributed by atoms with Gasteiger partial charge >= 0.3 is 0 Å². The Morgan fingerprint density at radius 2 is 2.22 bits per heavy atom. The Morgan fingerprint density at radius 1 is 1.44 bits per heavy atom. The topological polar surface area (TPSA) is 38.0 Å². The lowest BCUT2D eigenvalue weighted by atomic mass is 9.87. The SMILES string of the molecule is CC1CCCC(Nc2ccc(C(N)=S)cc2Br)C1. The van der Waals surface area contributed by atoms with Crippen LogP contribution in [0, 0.1) is 5.92 Å². The first-order chi connectivity index (χ1) is 8.56. The van der Waals surface area contributed by atoms with E-state index in [4.69, 9.17) is 18.0 Å². The van der Waals surface area contributed by atoms with Gasteiger partial charge in [0, 0.05) is 21.8 Å². The average Bonchev–Trinajstić information content (AvgIpc) is 2.31. The molecule has 0 spiro atoms. The van der Waals surface area contributed by atoms with E-state index in [0.29, 0.717) is 11.0 Å². The second-order valence-corrected chi connectivity index (χ2v) is 6.47. The van der Waals surface area contributed by atoms with Crippen molar-refractivity contribution in [3.8, 4) is 0 Å². The summed E-state index contributed by atoms with van der Waals surface area (Å²) in [5.74, 6) is 0.825. The Labute approximate surface area is 122 Å². The Hall–Kier alpha value is -0.610. The molecule has 3 N–H and O–H groups in total. The predicted octanol–water partition coefficient (Wildman–Crippen LogP) is 4.07. The van der Waals surface area contributed by atoms with Gasteiger partial charge in [0.05, 0.1) is 0 Å². The Bertz CT molecular complexity index is 447. The number of rotatable bonds is 3. The maximum atomic E-state index is 5.63. The van der Waals surface area contributed by atoms with Crippen molar-refractivity contribution in [3.05, 3.63) is 28.2 Å². The molecular formula is C14H19BrN2S. The van der Waals surface area contributed by atoms with E-state index >= 15 is 0 Å². The van der Waals surface area contributed by atoms with E-state index in [9.17, 15) is 0 Å². The fourth-order valence-corrected chi connectivity index (χ4v) is 3.19. The van der Waals surface area contributed by atoms with Crippen LogP contribution in [0.3, 0.4) is 0 Å². The number of thiocarbonyl (C=S) groups is 1. The molecule has 4 heteroatoms. The van der Waals surface area contributed by atoms with Gasteiger partial charge in [-0.05, 0) is 52.9 Å². The molecule has 0 heterocycles. The summed E-state index contributed by atoms with van der Waals surface area (Å²) in [6, 6.07) is 6.59. The number of benzene rings is 1. The lowest BCUT2D eigenvalue weighted by Gasteiger charge is -2.28. The fraction of sp³-hybridized carbons (Fsp3) is 0.500. The smallest absolute Gasteiger partial charge is 0.104 e. The summed E-state index contributed by atoms with van der Waals surface area (Å²) in [5, 5.41) is 3.61.